The number of pyridine rings is 1. The van der Waals surface area contributed by atoms with Crippen LogP contribution in [0.2, 0.25) is 0 Å². The standard InChI is InChI=1S/C16H10N4O8S2.2Na.H2O/c21-29(22,23)12-6-4-10(27-12)14-15(11-5-7-13(28-11)30(24,25)26)19-20-16(18-14)9-3-1-2-8-17-9;;;/h1-8H,(H,21,22,23)(H,24,25,26);;;1H2/q;2*+1;/p-2. The number of furan rings is 2. The Bertz CT molecular complexity index is 1460. The zero-order chi connectivity index (χ0) is 21.5. The molecule has 0 bridgehead atoms. The van der Waals surface area contributed by atoms with E-state index in [1.165, 1.54) is 6.20 Å². The van der Waals surface area contributed by atoms with Crippen LogP contribution >= 0.6 is 0 Å². The topological polar surface area (TPSA) is 224 Å². The van der Waals surface area contributed by atoms with Crippen molar-refractivity contribution in [1.82, 2.24) is 20.2 Å². The van der Waals surface area contributed by atoms with Crippen LogP contribution in [0.25, 0.3) is 34.4 Å². The van der Waals surface area contributed by atoms with Gasteiger partial charge in [-0.2, -0.15) is 0 Å². The van der Waals surface area contributed by atoms with Gasteiger partial charge in [0.15, 0.2) is 37.5 Å². The van der Waals surface area contributed by atoms with Crippen molar-refractivity contribution in [3.63, 3.8) is 0 Å². The van der Waals surface area contributed by atoms with Crippen LogP contribution in [-0.2, 0) is 20.2 Å². The van der Waals surface area contributed by atoms with Gasteiger partial charge in [-0.3, -0.25) is 4.98 Å². The molecule has 0 amide bonds. The van der Waals surface area contributed by atoms with E-state index >= 15 is 0 Å². The Morgan fingerprint density at radius 1 is 0.727 bits per heavy atom. The van der Waals surface area contributed by atoms with Crippen molar-refractivity contribution in [3.8, 4) is 34.4 Å². The summed E-state index contributed by atoms with van der Waals surface area (Å²) in [4.78, 5) is 8.32. The first kappa shape index (κ1) is 29.5. The van der Waals surface area contributed by atoms with Crippen LogP contribution in [0, 0.1) is 0 Å². The maximum Gasteiger partial charge on any atom is 1.00 e. The molecule has 0 aliphatic heterocycles. The molecule has 2 N–H and O–H groups in total. The molecule has 4 aromatic heterocycles. The predicted molar refractivity (Wildman–Crippen MR) is 98.0 cm³/mol. The molecular formula is C16H10N4Na2O9S2. The Hall–Kier alpha value is -1.50. The van der Waals surface area contributed by atoms with E-state index in [1.807, 2.05) is 0 Å². The van der Waals surface area contributed by atoms with Crippen molar-refractivity contribution in [2.24, 2.45) is 0 Å². The maximum absolute atomic E-state index is 11.2. The van der Waals surface area contributed by atoms with Crippen LogP contribution in [0.1, 0.15) is 0 Å². The minimum atomic E-state index is -4.88. The summed E-state index contributed by atoms with van der Waals surface area (Å²) < 4.78 is 77.2. The largest absolute Gasteiger partial charge is 1.00 e. The molecule has 0 radical (unpaired) electrons. The quantitative estimate of drug-likeness (QED) is 0.180. The van der Waals surface area contributed by atoms with E-state index in [0.29, 0.717) is 5.69 Å². The van der Waals surface area contributed by atoms with Crippen molar-refractivity contribution in [1.29, 1.82) is 0 Å². The number of rotatable bonds is 5. The molecule has 0 aromatic carbocycles. The Morgan fingerprint density at radius 2 is 1.27 bits per heavy atom. The fourth-order valence-electron chi connectivity index (χ4n) is 2.43. The van der Waals surface area contributed by atoms with E-state index in [2.05, 4.69) is 20.2 Å². The third kappa shape index (κ3) is 6.55. The fraction of sp³-hybridized carbons (Fsp3) is 0. The van der Waals surface area contributed by atoms with E-state index in [-0.39, 0.29) is 93.3 Å². The first-order valence-corrected chi connectivity index (χ1v) is 10.7. The molecule has 33 heavy (non-hydrogen) atoms. The van der Waals surface area contributed by atoms with Crippen molar-refractivity contribution in [2.75, 3.05) is 0 Å². The molecule has 0 aliphatic rings. The van der Waals surface area contributed by atoms with Gasteiger partial charge in [0, 0.05) is 6.20 Å². The van der Waals surface area contributed by atoms with E-state index < -0.39 is 30.4 Å². The molecule has 0 saturated carbocycles. The molecule has 0 fully saturated rings. The summed E-state index contributed by atoms with van der Waals surface area (Å²) in [6, 6.07) is 9.09. The van der Waals surface area contributed by atoms with Gasteiger partial charge in [0.25, 0.3) is 0 Å². The summed E-state index contributed by atoms with van der Waals surface area (Å²) in [5.74, 6) is -0.357. The first-order chi connectivity index (χ1) is 14.1. The second-order valence-corrected chi connectivity index (χ2v) is 8.31. The number of hydrogen-bond acceptors (Lipinski definition) is 12. The van der Waals surface area contributed by atoms with Gasteiger partial charge in [0.2, 0.25) is 16.0 Å². The Labute approximate surface area is 231 Å². The Kier molecular flexibility index (Phi) is 10.1. The molecule has 0 atom stereocenters. The molecule has 4 rings (SSSR count). The average molecular weight is 512 g/mol. The number of hydrogen-bond donors (Lipinski definition) is 0. The van der Waals surface area contributed by atoms with Crippen LogP contribution in [0.4, 0.5) is 0 Å². The second kappa shape index (κ2) is 11.3. The zero-order valence-corrected chi connectivity index (χ0v) is 22.6. The second-order valence-electron chi connectivity index (χ2n) is 5.69. The first-order valence-electron chi connectivity index (χ1n) is 7.91. The van der Waals surface area contributed by atoms with Gasteiger partial charge in [0.05, 0.1) is 0 Å². The van der Waals surface area contributed by atoms with Crippen molar-refractivity contribution in [2.45, 2.75) is 10.2 Å². The third-order valence-corrected chi connectivity index (χ3v) is 5.13. The minimum absolute atomic E-state index is 0. The Balaban J connectivity index is 0.00000181. The van der Waals surface area contributed by atoms with Gasteiger partial charge in [-0.25, -0.2) is 21.8 Å². The Morgan fingerprint density at radius 3 is 1.73 bits per heavy atom. The third-order valence-electron chi connectivity index (χ3n) is 3.70. The molecule has 0 saturated heterocycles. The molecular weight excluding hydrogens is 502 g/mol. The zero-order valence-electron chi connectivity index (χ0n) is 17.0. The van der Waals surface area contributed by atoms with E-state index in [4.69, 9.17) is 8.83 Å². The summed E-state index contributed by atoms with van der Waals surface area (Å²) in [6.45, 7) is 0. The van der Waals surface area contributed by atoms with E-state index in [9.17, 15) is 25.9 Å². The molecule has 0 spiro atoms. The van der Waals surface area contributed by atoms with E-state index in [0.717, 1.165) is 24.3 Å². The number of aromatic nitrogens is 4. The number of nitrogens with zero attached hydrogens (tertiary/aromatic N) is 4. The molecule has 0 aliphatic carbocycles. The SMILES string of the molecule is O.O=S(=O)([O-])c1ccc(-c2nnc(-c3ccccn3)nc2-c2ccc(S(=O)(=O)[O-])o2)o1.[Na+].[Na+]. The molecule has 17 heteroatoms. The normalized spacial score (nSPS) is 11.1. The van der Waals surface area contributed by atoms with Crippen LogP contribution in [0.5, 0.6) is 0 Å². The van der Waals surface area contributed by atoms with Crippen LogP contribution in [0.3, 0.4) is 0 Å². The smallest absolute Gasteiger partial charge is 0.742 e. The van der Waals surface area contributed by atoms with Crippen LogP contribution in [0.15, 0.2) is 67.7 Å². The van der Waals surface area contributed by atoms with E-state index in [1.54, 1.807) is 18.2 Å². The van der Waals surface area contributed by atoms with Gasteiger partial charge >= 0.3 is 59.1 Å². The summed E-state index contributed by atoms with van der Waals surface area (Å²) in [5.41, 5.74) is 0.0434. The average Bonchev–Trinajstić information content (AvgIpc) is 3.37. The summed E-state index contributed by atoms with van der Waals surface area (Å²) >= 11 is 0. The van der Waals surface area contributed by atoms with Gasteiger partial charge in [-0.1, -0.05) is 6.07 Å². The molecule has 4 aromatic rings. The van der Waals surface area contributed by atoms with Gasteiger partial charge in [-0.15, -0.1) is 10.2 Å². The van der Waals surface area contributed by atoms with Gasteiger partial charge in [0.1, 0.15) is 11.4 Å². The summed E-state index contributed by atoms with van der Waals surface area (Å²) in [5, 5.41) is 6.13. The minimum Gasteiger partial charge on any atom is -0.742 e. The molecule has 0 unspecified atom stereocenters. The maximum atomic E-state index is 11.2. The van der Waals surface area contributed by atoms with Crippen molar-refractivity contribution < 1.29 is 99.4 Å². The molecule has 13 nitrogen and oxygen atoms in total. The molecule has 162 valence electrons. The summed E-state index contributed by atoms with van der Waals surface area (Å²) in [7, 11) is -9.76. The van der Waals surface area contributed by atoms with Crippen LogP contribution < -0.4 is 59.1 Å². The van der Waals surface area contributed by atoms with Crippen LogP contribution in [-0.4, -0.2) is 51.6 Å². The predicted octanol–water partition coefficient (Wildman–Crippen LogP) is -5.55. The van der Waals surface area contributed by atoms with Crippen molar-refractivity contribution in [3.05, 3.63) is 48.7 Å². The summed E-state index contributed by atoms with van der Waals surface area (Å²) in [6.07, 6.45) is 1.49. The van der Waals surface area contributed by atoms with Crippen molar-refractivity contribution >= 4 is 20.2 Å². The van der Waals surface area contributed by atoms with Gasteiger partial charge in [-0.05, 0) is 36.4 Å². The molecule has 4 heterocycles. The fourth-order valence-corrected chi connectivity index (χ4v) is 3.28. The van der Waals surface area contributed by atoms with Gasteiger partial charge < -0.3 is 23.4 Å². The monoisotopic (exact) mass is 512 g/mol.